The molecule has 0 spiro atoms. The Morgan fingerprint density at radius 1 is 1.00 bits per heavy atom. The highest BCUT2D eigenvalue weighted by Crippen LogP contribution is 2.24. The van der Waals surface area contributed by atoms with Crippen LogP contribution in [0.2, 0.25) is 0 Å². The zero-order chi connectivity index (χ0) is 10.7. The van der Waals surface area contributed by atoms with Crippen molar-refractivity contribution in [3.63, 3.8) is 0 Å². The first-order valence-corrected chi connectivity index (χ1v) is 5.37. The van der Waals surface area contributed by atoms with Crippen molar-refractivity contribution in [1.29, 1.82) is 0 Å². The predicted octanol–water partition coefficient (Wildman–Crippen LogP) is 3.68. The van der Waals surface area contributed by atoms with E-state index >= 15 is 0 Å². The molecule has 15 heavy (non-hydrogen) atoms. The van der Waals surface area contributed by atoms with Crippen molar-refractivity contribution in [3.8, 4) is 5.75 Å². The molecule has 82 valence electrons. The summed E-state index contributed by atoms with van der Waals surface area (Å²) in [6.07, 6.45) is 5.77. The third-order valence-electron chi connectivity index (χ3n) is 2.75. The number of halogens is 2. The summed E-state index contributed by atoms with van der Waals surface area (Å²) in [4.78, 5) is 0. The minimum Gasteiger partial charge on any atom is -0.490 e. The van der Waals surface area contributed by atoms with Crippen LogP contribution in [-0.4, -0.2) is 6.10 Å². The third kappa shape index (κ3) is 2.67. The maximum atomic E-state index is 12.9. The standard InChI is InChI=1S/C12H14F2O/c13-11-7-6-10(8-12(11)14)15-9-4-2-1-3-5-9/h6-9H,1-5H2. The molecule has 0 atom stereocenters. The lowest BCUT2D eigenvalue weighted by Gasteiger charge is -2.22. The van der Waals surface area contributed by atoms with Crippen LogP contribution in [0, 0.1) is 11.6 Å². The van der Waals surface area contributed by atoms with Gasteiger partial charge < -0.3 is 4.74 Å². The summed E-state index contributed by atoms with van der Waals surface area (Å²) in [5.74, 6) is -1.24. The van der Waals surface area contributed by atoms with Gasteiger partial charge in [-0.1, -0.05) is 6.42 Å². The van der Waals surface area contributed by atoms with Gasteiger partial charge in [0.05, 0.1) is 6.10 Å². The number of hydrogen-bond acceptors (Lipinski definition) is 1. The molecule has 1 nitrogen and oxygen atoms in total. The highest BCUT2D eigenvalue weighted by atomic mass is 19.2. The van der Waals surface area contributed by atoms with Crippen LogP contribution >= 0.6 is 0 Å². The third-order valence-corrected chi connectivity index (χ3v) is 2.75. The maximum Gasteiger partial charge on any atom is 0.162 e. The summed E-state index contributed by atoms with van der Waals surface area (Å²) in [6, 6.07) is 3.70. The number of rotatable bonds is 2. The van der Waals surface area contributed by atoms with Crippen LogP contribution in [0.15, 0.2) is 18.2 Å². The maximum absolute atomic E-state index is 12.9. The van der Waals surface area contributed by atoms with Crippen LogP contribution < -0.4 is 4.74 Å². The van der Waals surface area contributed by atoms with E-state index in [0.717, 1.165) is 37.8 Å². The van der Waals surface area contributed by atoms with Crippen LogP contribution in [-0.2, 0) is 0 Å². The Hall–Kier alpha value is -1.12. The normalized spacial score (nSPS) is 17.7. The van der Waals surface area contributed by atoms with Crippen molar-refractivity contribution in [2.75, 3.05) is 0 Å². The van der Waals surface area contributed by atoms with E-state index < -0.39 is 11.6 Å². The fraction of sp³-hybridized carbons (Fsp3) is 0.500. The molecule has 3 heteroatoms. The van der Waals surface area contributed by atoms with E-state index in [4.69, 9.17) is 4.74 Å². The molecule has 0 radical (unpaired) electrons. The minimum absolute atomic E-state index is 0.170. The largest absolute Gasteiger partial charge is 0.490 e. The Labute approximate surface area is 88.1 Å². The molecule has 2 rings (SSSR count). The predicted molar refractivity (Wildman–Crippen MR) is 53.9 cm³/mol. The fourth-order valence-corrected chi connectivity index (χ4v) is 1.93. The molecule has 0 aliphatic heterocycles. The summed E-state index contributed by atoms with van der Waals surface area (Å²) in [6.45, 7) is 0. The van der Waals surface area contributed by atoms with Gasteiger partial charge in [0.1, 0.15) is 5.75 Å². The highest BCUT2D eigenvalue weighted by molar-refractivity contribution is 5.23. The van der Waals surface area contributed by atoms with Crippen molar-refractivity contribution in [2.45, 2.75) is 38.2 Å². The molecule has 1 aromatic rings. The van der Waals surface area contributed by atoms with Crippen LogP contribution in [0.25, 0.3) is 0 Å². The smallest absolute Gasteiger partial charge is 0.162 e. The second-order valence-electron chi connectivity index (χ2n) is 3.95. The topological polar surface area (TPSA) is 9.23 Å². The first-order valence-electron chi connectivity index (χ1n) is 5.37. The summed E-state index contributed by atoms with van der Waals surface area (Å²) < 4.78 is 31.1. The van der Waals surface area contributed by atoms with E-state index in [1.54, 1.807) is 0 Å². The molecule has 0 N–H and O–H groups in total. The molecular weight excluding hydrogens is 198 g/mol. The summed E-state index contributed by atoms with van der Waals surface area (Å²) in [5, 5.41) is 0. The average Bonchev–Trinajstić information content (AvgIpc) is 2.25. The summed E-state index contributed by atoms with van der Waals surface area (Å²) in [7, 11) is 0. The van der Waals surface area contributed by atoms with Gasteiger partial charge in [-0.2, -0.15) is 0 Å². The van der Waals surface area contributed by atoms with Crippen LogP contribution in [0.3, 0.4) is 0 Å². The molecule has 1 aromatic carbocycles. The van der Waals surface area contributed by atoms with Gasteiger partial charge in [0.15, 0.2) is 11.6 Å². The molecular formula is C12H14F2O. The van der Waals surface area contributed by atoms with Crippen LogP contribution in [0.5, 0.6) is 5.75 Å². The molecule has 1 saturated carbocycles. The summed E-state index contributed by atoms with van der Waals surface area (Å²) in [5.41, 5.74) is 0. The van der Waals surface area contributed by atoms with Crippen LogP contribution in [0.4, 0.5) is 8.78 Å². The SMILES string of the molecule is Fc1ccc(OC2CCCCC2)cc1F. The molecule has 0 saturated heterocycles. The van der Waals surface area contributed by atoms with E-state index in [1.807, 2.05) is 0 Å². The Morgan fingerprint density at radius 2 is 1.73 bits per heavy atom. The Morgan fingerprint density at radius 3 is 2.40 bits per heavy atom. The lowest BCUT2D eigenvalue weighted by molar-refractivity contribution is 0.154. The lowest BCUT2D eigenvalue weighted by atomic mass is 9.98. The Bertz CT molecular complexity index is 332. The van der Waals surface area contributed by atoms with E-state index in [-0.39, 0.29) is 6.10 Å². The van der Waals surface area contributed by atoms with Gasteiger partial charge in [-0.15, -0.1) is 0 Å². The van der Waals surface area contributed by atoms with Gasteiger partial charge in [-0.3, -0.25) is 0 Å². The molecule has 0 bridgehead atoms. The molecule has 1 fully saturated rings. The van der Waals surface area contributed by atoms with E-state index in [2.05, 4.69) is 0 Å². The highest BCUT2D eigenvalue weighted by Gasteiger charge is 2.15. The first-order chi connectivity index (χ1) is 7.25. The van der Waals surface area contributed by atoms with Crippen molar-refractivity contribution >= 4 is 0 Å². The molecule has 0 amide bonds. The van der Waals surface area contributed by atoms with Crippen LogP contribution in [0.1, 0.15) is 32.1 Å². The molecule has 1 aliphatic rings. The van der Waals surface area contributed by atoms with Gasteiger partial charge in [-0.05, 0) is 37.8 Å². The van der Waals surface area contributed by atoms with Gasteiger partial charge in [0, 0.05) is 6.07 Å². The van der Waals surface area contributed by atoms with E-state index in [1.165, 1.54) is 12.5 Å². The van der Waals surface area contributed by atoms with Crippen molar-refractivity contribution < 1.29 is 13.5 Å². The second kappa shape index (κ2) is 4.60. The Balaban J connectivity index is 2.00. The van der Waals surface area contributed by atoms with Gasteiger partial charge >= 0.3 is 0 Å². The first kappa shape index (κ1) is 10.4. The van der Waals surface area contributed by atoms with E-state index in [9.17, 15) is 8.78 Å². The molecule has 0 unspecified atom stereocenters. The minimum atomic E-state index is -0.844. The molecule has 0 aromatic heterocycles. The van der Waals surface area contributed by atoms with Crippen molar-refractivity contribution in [3.05, 3.63) is 29.8 Å². The van der Waals surface area contributed by atoms with Gasteiger partial charge in [-0.25, -0.2) is 8.78 Å². The molecule has 1 aliphatic carbocycles. The second-order valence-corrected chi connectivity index (χ2v) is 3.95. The zero-order valence-corrected chi connectivity index (χ0v) is 8.51. The molecule has 0 heterocycles. The lowest BCUT2D eigenvalue weighted by Crippen LogP contribution is -2.19. The number of hydrogen-bond donors (Lipinski definition) is 0. The van der Waals surface area contributed by atoms with Crippen molar-refractivity contribution in [1.82, 2.24) is 0 Å². The summed E-state index contributed by atoms with van der Waals surface area (Å²) >= 11 is 0. The zero-order valence-electron chi connectivity index (χ0n) is 8.51. The van der Waals surface area contributed by atoms with E-state index in [0.29, 0.717) is 5.75 Å². The van der Waals surface area contributed by atoms with Gasteiger partial charge in [0.25, 0.3) is 0 Å². The average molecular weight is 212 g/mol. The monoisotopic (exact) mass is 212 g/mol. The Kier molecular flexibility index (Phi) is 3.19. The van der Waals surface area contributed by atoms with Gasteiger partial charge in [0.2, 0.25) is 0 Å². The quantitative estimate of drug-likeness (QED) is 0.726. The number of benzene rings is 1. The fourth-order valence-electron chi connectivity index (χ4n) is 1.93. The van der Waals surface area contributed by atoms with Crippen molar-refractivity contribution in [2.24, 2.45) is 0 Å². The number of ether oxygens (including phenoxy) is 1.